The number of rotatable bonds is 4. The van der Waals surface area contributed by atoms with E-state index in [1.54, 1.807) is 17.0 Å². The van der Waals surface area contributed by atoms with Crippen LogP contribution in [-0.4, -0.2) is 36.7 Å². The first-order valence-electron chi connectivity index (χ1n) is 7.53. The van der Waals surface area contributed by atoms with E-state index in [9.17, 15) is 9.18 Å². The molecule has 0 saturated carbocycles. The number of hydrogen-bond donors (Lipinski definition) is 1. The lowest BCUT2D eigenvalue weighted by atomic mass is 10.0. The summed E-state index contributed by atoms with van der Waals surface area (Å²) in [6.07, 6.45) is 1.55. The average Bonchev–Trinajstić information content (AvgIpc) is 2.48. The predicted octanol–water partition coefficient (Wildman–Crippen LogP) is 3.10. The number of amides is 1. The highest BCUT2D eigenvalue weighted by Crippen LogP contribution is 2.18. The molecule has 116 valence electrons. The molecule has 2 rings (SSSR count). The molecule has 4 nitrogen and oxygen atoms in total. The summed E-state index contributed by atoms with van der Waals surface area (Å²) >= 11 is 0. The van der Waals surface area contributed by atoms with E-state index in [-0.39, 0.29) is 18.0 Å². The standard InChI is InChI=1S/C16H23FN2O2/c1-3-21-16(20)19-9-7-15(8-10-19)18-12(2)13-5-4-6-14(17)11-13/h4-6,11-12,15,18H,3,7-10H2,1-2H3. The van der Waals surface area contributed by atoms with Gasteiger partial charge in [-0.05, 0) is 44.4 Å². The number of hydrogen-bond acceptors (Lipinski definition) is 3. The molecule has 1 saturated heterocycles. The Hall–Kier alpha value is -1.62. The molecule has 0 aromatic heterocycles. The monoisotopic (exact) mass is 294 g/mol. The van der Waals surface area contributed by atoms with Crippen molar-refractivity contribution in [3.63, 3.8) is 0 Å². The van der Waals surface area contributed by atoms with E-state index < -0.39 is 0 Å². The zero-order valence-electron chi connectivity index (χ0n) is 12.6. The Morgan fingerprint density at radius 2 is 2.19 bits per heavy atom. The minimum Gasteiger partial charge on any atom is -0.450 e. The Labute approximate surface area is 125 Å². The first-order chi connectivity index (χ1) is 10.1. The summed E-state index contributed by atoms with van der Waals surface area (Å²) < 4.78 is 18.2. The van der Waals surface area contributed by atoms with Crippen LogP contribution in [0.4, 0.5) is 9.18 Å². The molecule has 1 aliphatic rings. The molecule has 0 aliphatic carbocycles. The molecule has 1 N–H and O–H groups in total. The van der Waals surface area contributed by atoms with Gasteiger partial charge in [-0.2, -0.15) is 0 Å². The smallest absolute Gasteiger partial charge is 0.409 e. The van der Waals surface area contributed by atoms with E-state index in [1.165, 1.54) is 6.07 Å². The van der Waals surface area contributed by atoms with E-state index in [1.807, 2.05) is 19.9 Å². The number of piperidine rings is 1. The van der Waals surface area contributed by atoms with E-state index in [4.69, 9.17) is 4.74 Å². The third-order valence-electron chi connectivity index (χ3n) is 3.86. The van der Waals surface area contributed by atoms with Crippen LogP contribution in [0.5, 0.6) is 0 Å². The maximum atomic E-state index is 13.2. The van der Waals surface area contributed by atoms with Crippen molar-refractivity contribution in [1.82, 2.24) is 10.2 Å². The molecule has 1 aromatic carbocycles. The van der Waals surface area contributed by atoms with Gasteiger partial charge in [0.2, 0.25) is 0 Å². The van der Waals surface area contributed by atoms with Crippen LogP contribution in [-0.2, 0) is 4.74 Å². The quantitative estimate of drug-likeness (QED) is 0.928. The largest absolute Gasteiger partial charge is 0.450 e. The Morgan fingerprint density at radius 1 is 1.48 bits per heavy atom. The summed E-state index contributed by atoms with van der Waals surface area (Å²) in [5.74, 6) is -0.210. The molecule has 1 unspecified atom stereocenters. The van der Waals surface area contributed by atoms with Crippen LogP contribution < -0.4 is 5.32 Å². The molecule has 1 amide bonds. The van der Waals surface area contributed by atoms with Crippen molar-refractivity contribution in [2.75, 3.05) is 19.7 Å². The Morgan fingerprint density at radius 3 is 2.81 bits per heavy atom. The van der Waals surface area contributed by atoms with Crippen LogP contribution >= 0.6 is 0 Å². The molecule has 1 atom stereocenters. The number of halogens is 1. The molecule has 1 aliphatic heterocycles. The van der Waals surface area contributed by atoms with Crippen molar-refractivity contribution in [3.8, 4) is 0 Å². The summed E-state index contributed by atoms with van der Waals surface area (Å²) in [6.45, 7) is 5.66. The summed E-state index contributed by atoms with van der Waals surface area (Å²) in [5, 5.41) is 3.51. The number of nitrogens with one attached hydrogen (secondary N) is 1. The molecule has 0 bridgehead atoms. The van der Waals surface area contributed by atoms with Gasteiger partial charge >= 0.3 is 6.09 Å². The summed E-state index contributed by atoms with van der Waals surface area (Å²) in [6, 6.07) is 7.11. The Balaban J connectivity index is 1.82. The average molecular weight is 294 g/mol. The van der Waals surface area contributed by atoms with Crippen molar-refractivity contribution < 1.29 is 13.9 Å². The number of nitrogens with zero attached hydrogens (tertiary/aromatic N) is 1. The van der Waals surface area contributed by atoms with Crippen LogP contribution in [0, 0.1) is 5.82 Å². The zero-order chi connectivity index (χ0) is 15.2. The highest BCUT2D eigenvalue weighted by molar-refractivity contribution is 5.67. The van der Waals surface area contributed by atoms with Gasteiger partial charge in [0.05, 0.1) is 6.61 Å². The van der Waals surface area contributed by atoms with E-state index >= 15 is 0 Å². The number of carbonyl (C=O) groups excluding carboxylic acids is 1. The van der Waals surface area contributed by atoms with Crippen molar-refractivity contribution in [1.29, 1.82) is 0 Å². The summed E-state index contributed by atoms with van der Waals surface area (Å²) in [5.41, 5.74) is 0.947. The van der Waals surface area contributed by atoms with Gasteiger partial charge in [0.1, 0.15) is 5.82 Å². The molecule has 0 spiro atoms. The minimum atomic E-state index is -0.228. The van der Waals surface area contributed by atoms with Gasteiger partial charge in [-0.3, -0.25) is 0 Å². The molecular weight excluding hydrogens is 271 g/mol. The zero-order valence-corrected chi connectivity index (χ0v) is 12.6. The fraction of sp³-hybridized carbons (Fsp3) is 0.562. The fourth-order valence-electron chi connectivity index (χ4n) is 2.67. The Kier molecular flexibility index (Phi) is 5.56. The lowest BCUT2D eigenvalue weighted by Gasteiger charge is -2.33. The maximum absolute atomic E-state index is 13.2. The second-order valence-electron chi connectivity index (χ2n) is 5.40. The molecule has 21 heavy (non-hydrogen) atoms. The van der Waals surface area contributed by atoms with E-state index in [2.05, 4.69) is 5.32 Å². The number of benzene rings is 1. The lowest BCUT2D eigenvalue weighted by molar-refractivity contribution is 0.0943. The highest BCUT2D eigenvalue weighted by Gasteiger charge is 2.24. The normalized spacial score (nSPS) is 17.6. The van der Waals surface area contributed by atoms with E-state index in [0.29, 0.717) is 25.7 Å². The van der Waals surface area contributed by atoms with Crippen LogP contribution in [0.2, 0.25) is 0 Å². The van der Waals surface area contributed by atoms with Crippen molar-refractivity contribution >= 4 is 6.09 Å². The lowest BCUT2D eigenvalue weighted by Crippen LogP contribution is -2.45. The maximum Gasteiger partial charge on any atom is 0.409 e. The van der Waals surface area contributed by atoms with Crippen molar-refractivity contribution in [2.45, 2.75) is 38.8 Å². The summed E-state index contributed by atoms with van der Waals surface area (Å²) in [4.78, 5) is 13.4. The third kappa shape index (κ3) is 4.43. The second-order valence-corrected chi connectivity index (χ2v) is 5.40. The van der Waals surface area contributed by atoms with Crippen molar-refractivity contribution in [2.24, 2.45) is 0 Å². The molecule has 0 radical (unpaired) electrons. The van der Waals surface area contributed by atoms with Crippen molar-refractivity contribution in [3.05, 3.63) is 35.6 Å². The van der Waals surface area contributed by atoms with Crippen LogP contribution in [0.3, 0.4) is 0 Å². The SMILES string of the molecule is CCOC(=O)N1CCC(NC(C)c2cccc(F)c2)CC1. The number of ether oxygens (including phenoxy) is 1. The predicted molar refractivity (Wildman–Crippen MR) is 79.6 cm³/mol. The van der Waals surface area contributed by atoms with Gasteiger partial charge in [-0.25, -0.2) is 9.18 Å². The molecular formula is C16H23FN2O2. The molecule has 1 fully saturated rings. The van der Waals surface area contributed by atoms with Crippen LogP contribution in [0.15, 0.2) is 24.3 Å². The number of carbonyl (C=O) groups is 1. The molecule has 1 heterocycles. The van der Waals surface area contributed by atoms with Gasteiger partial charge in [-0.15, -0.1) is 0 Å². The Bertz CT molecular complexity index is 473. The minimum absolute atomic E-state index is 0.0971. The van der Waals surface area contributed by atoms with Crippen LogP contribution in [0.25, 0.3) is 0 Å². The molecule has 5 heteroatoms. The second kappa shape index (κ2) is 7.41. The fourth-order valence-corrected chi connectivity index (χ4v) is 2.67. The first kappa shape index (κ1) is 15.8. The number of likely N-dealkylation sites (tertiary alicyclic amines) is 1. The van der Waals surface area contributed by atoms with Crippen LogP contribution in [0.1, 0.15) is 38.3 Å². The van der Waals surface area contributed by atoms with Gasteiger partial charge in [0, 0.05) is 25.2 Å². The molecule has 1 aromatic rings. The van der Waals surface area contributed by atoms with E-state index in [0.717, 1.165) is 18.4 Å². The summed E-state index contributed by atoms with van der Waals surface area (Å²) in [7, 11) is 0. The van der Waals surface area contributed by atoms with Gasteiger partial charge in [0.25, 0.3) is 0 Å². The third-order valence-corrected chi connectivity index (χ3v) is 3.86. The van der Waals surface area contributed by atoms with Gasteiger partial charge < -0.3 is 15.0 Å². The topological polar surface area (TPSA) is 41.6 Å². The first-order valence-corrected chi connectivity index (χ1v) is 7.53. The highest BCUT2D eigenvalue weighted by atomic mass is 19.1. The van der Waals surface area contributed by atoms with Gasteiger partial charge in [0.15, 0.2) is 0 Å². The van der Waals surface area contributed by atoms with Gasteiger partial charge in [-0.1, -0.05) is 12.1 Å².